The Labute approximate surface area is 147 Å². The number of hydrogen-bond donors (Lipinski definition) is 2. The summed E-state index contributed by atoms with van der Waals surface area (Å²) in [6.07, 6.45) is 0. The lowest BCUT2D eigenvalue weighted by atomic mass is 10.1. The summed E-state index contributed by atoms with van der Waals surface area (Å²) in [5, 5.41) is 3.74. The van der Waals surface area contributed by atoms with E-state index in [1.54, 1.807) is 0 Å². The van der Waals surface area contributed by atoms with Crippen molar-refractivity contribution in [2.45, 2.75) is 26.3 Å². The highest BCUT2D eigenvalue weighted by molar-refractivity contribution is 7.14. The molecule has 0 aliphatic heterocycles. The third-order valence-electron chi connectivity index (χ3n) is 2.69. The van der Waals surface area contributed by atoms with E-state index < -0.39 is 5.54 Å². The van der Waals surface area contributed by atoms with Gasteiger partial charge in [0.1, 0.15) is 4.88 Å². The Morgan fingerprint density at radius 2 is 1.86 bits per heavy atom. The summed E-state index contributed by atoms with van der Waals surface area (Å²) in [5.41, 5.74) is 7.15. The van der Waals surface area contributed by atoms with E-state index in [4.69, 9.17) is 5.73 Å². The average Bonchev–Trinajstić information content (AvgIpc) is 2.78. The number of thiazole rings is 1. The number of amides is 1. The number of carbonyl (C=O) groups is 1. The molecule has 0 fully saturated rings. The fourth-order valence-corrected chi connectivity index (χ4v) is 2.62. The standard InChI is InChI=1S/C15H19N3OS.2ClH/c1-10-18-12(11-7-5-4-6-8-11)13(20-10)14(19)17-9-15(2,3)16;;/h4-8H,9,16H2,1-3H3,(H,17,19);2*1H. The summed E-state index contributed by atoms with van der Waals surface area (Å²) in [6, 6.07) is 9.74. The molecule has 0 aliphatic carbocycles. The monoisotopic (exact) mass is 361 g/mol. The summed E-state index contributed by atoms with van der Waals surface area (Å²) in [5.74, 6) is -0.118. The normalized spacial score (nSPS) is 10.4. The first-order valence-electron chi connectivity index (χ1n) is 6.47. The minimum absolute atomic E-state index is 0. The lowest BCUT2D eigenvalue weighted by molar-refractivity contribution is 0.0950. The maximum absolute atomic E-state index is 12.3. The van der Waals surface area contributed by atoms with Gasteiger partial charge in [0, 0.05) is 17.6 Å². The number of benzene rings is 1. The zero-order valence-electron chi connectivity index (χ0n) is 12.8. The van der Waals surface area contributed by atoms with Crippen molar-refractivity contribution in [2.24, 2.45) is 5.73 Å². The fourth-order valence-electron chi connectivity index (χ4n) is 1.76. The molecule has 1 amide bonds. The van der Waals surface area contributed by atoms with E-state index in [2.05, 4.69) is 10.3 Å². The second-order valence-electron chi connectivity index (χ2n) is 5.45. The lowest BCUT2D eigenvalue weighted by Crippen LogP contribution is -2.45. The van der Waals surface area contributed by atoms with Crippen molar-refractivity contribution in [3.8, 4) is 11.3 Å². The molecular weight excluding hydrogens is 341 g/mol. The fraction of sp³-hybridized carbons (Fsp3) is 0.333. The molecule has 7 heteroatoms. The highest BCUT2D eigenvalue weighted by Crippen LogP contribution is 2.27. The summed E-state index contributed by atoms with van der Waals surface area (Å²) in [4.78, 5) is 17.4. The van der Waals surface area contributed by atoms with Gasteiger partial charge < -0.3 is 11.1 Å². The van der Waals surface area contributed by atoms with E-state index in [1.165, 1.54) is 11.3 Å². The van der Waals surface area contributed by atoms with Crippen LogP contribution in [0.15, 0.2) is 30.3 Å². The molecule has 1 aromatic carbocycles. The molecule has 4 nitrogen and oxygen atoms in total. The quantitative estimate of drug-likeness (QED) is 0.876. The van der Waals surface area contributed by atoms with Crippen molar-refractivity contribution in [2.75, 3.05) is 6.54 Å². The van der Waals surface area contributed by atoms with Gasteiger partial charge in [-0.3, -0.25) is 4.79 Å². The van der Waals surface area contributed by atoms with Gasteiger partial charge in [0.25, 0.3) is 5.91 Å². The topological polar surface area (TPSA) is 68.0 Å². The second-order valence-corrected chi connectivity index (χ2v) is 6.65. The number of rotatable bonds is 4. The Bertz CT molecular complexity index is 609. The molecule has 0 spiro atoms. The van der Waals surface area contributed by atoms with Crippen LogP contribution in [0.25, 0.3) is 11.3 Å². The molecule has 122 valence electrons. The summed E-state index contributed by atoms with van der Waals surface area (Å²) < 4.78 is 0. The Kier molecular flexibility index (Phi) is 8.04. The Morgan fingerprint density at radius 1 is 1.27 bits per heavy atom. The van der Waals surface area contributed by atoms with Gasteiger partial charge in [0.15, 0.2) is 0 Å². The molecule has 2 aromatic rings. The number of hydrogen-bond acceptors (Lipinski definition) is 4. The van der Waals surface area contributed by atoms with Crippen LogP contribution in [0.2, 0.25) is 0 Å². The average molecular weight is 362 g/mol. The van der Waals surface area contributed by atoms with Gasteiger partial charge in [0.2, 0.25) is 0 Å². The minimum atomic E-state index is -0.428. The molecule has 1 heterocycles. The minimum Gasteiger partial charge on any atom is -0.349 e. The maximum Gasteiger partial charge on any atom is 0.263 e. The van der Waals surface area contributed by atoms with Crippen molar-refractivity contribution in [1.29, 1.82) is 0 Å². The van der Waals surface area contributed by atoms with Crippen LogP contribution in [-0.2, 0) is 0 Å². The van der Waals surface area contributed by atoms with E-state index in [0.717, 1.165) is 16.3 Å². The zero-order chi connectivity index (χ0) is 14.8. The van der Waals surface area contributed by atoms with Gasteiger partial charge in [-0.1, -0.05) is 30.3 Å². The predicted octanol–water partition coefficient (Wildman–Crippen LogP) is 3.43. The molecule has 0 bridgehead atoms. The van der Waals surface area contributed by atoms with Gasteiger partial charge in [-0.15, -0.1) is 36.2 Å². The molecule has 0 unspecified atom stereocenters. The molecule has 0 saturated carbocycles. The van der Waals surface area contributed by atoms with Crippen LogP contribution >= 0.6 is 36.2 Å². The molecule has 3 N–H and O–H groups in total. The Hall–Kier alpha value is -1.14. The van der Waals surface area contributed by atoms with Crippen LogP contribution in [0.3, 0.4) is 0 Å². The first-order chi connectivity index (χ1) is 9.37. The Balaban J connectivity index is 0.00000220. The third-order valence-corrected chi connectivity index (χ3v) is 3.66. The number of halogens is 2. The van der Waals surface area contributed by atoms with Crippen molar-refractivity contribution >= 4 is 42.1 Å². The summed E-state index contributed by atoms with van der Waals surface area (Å²) in [7, 11) is 0. The first-order valence-corrected chi connectivity index (χ1v) is 7.28. The van der Waals surface area contributed by atoms with Crippen LogP contribution < -0.4 is 11.1 Å². The highest BCUT2D eigenvalue weighted by atomic mass is 35.5. The second kappa shape index (κ2) is 8.48. The molecule has 2 rings (SSSR count). The third kappa shape index (κ3) is 5.57. The lowest BCUT2D eigenvalue weighted by Gasteiger charge is -2.18. The highest BCUT2D eigenvalue weighted by Gasteiger charge is 2.20. The van der Waals surface area contributed by atoms with Crippen LogP contribution in [-0.4, -0.2) is 23.0 Å². The number of nitrogens with one attached hydrogen (secondary N) is 1. The molecule has 1 aromatic heterocycles. The molecule has 0 radical (unpaired) electrons. The van der Waals surface area contributed by atoms with Crippen LogP contribution in [0.4, 0.5) is 0 Å². The van der Waals surface area contributed by atoms with E-state index in [9.17, 15) is 4.79 Å². The van der Waals surface area contributed by atoms with Crippen LogP contribution in [0.1, 0.15) is 28.5 Å². The SMILES string of the molecule is Cc1nc(-c2ccccc2)c(C(=O)NCC(C)(C)N)s1.Cl.Cl. The molecule has 0 aliphatic rings. The van der Waals surface area contributed by atoms with Gasteiger partial charge in [-0.05, 0) is 20.8 Å². The number of aryl methyl sites for hydroxylation is 1. The molecule has 0 atom stereocenters. The van der Waals surface area contributed by atoms with Crippen LogP contribution in [0, 0.1) is 6.92 Å². The van der Waals surface area contributed by atoms with E-state index in [0.29, 0.717) is 11.4 Å². The molecular formula is C15H21Cl2N3OS. The van der Waals surface area contributed by atoms with Crippen molar-refractivity contribution in [3.63, 3.8) is 0 Å². The van der Waals surface area contributed by atoms with Crippen LogP contribution in [0.5, 0.6) is 0 Å². The number of nitrogens with two attached hydrogens (primary N) is 1. The predicted molar refractivity (Wildman–Crippen MR) is 97.4 cm³/mol. The van der Waals surface area contributed by atoms with Gasteiger partial charge in [-0.25, -0.2) is 4.98 Å². The summed E-state index contributed by atoms with van der Waals surface area (Å²) in [6.45, 7) is 6.09. The van der Waals surface area contributed by atoms with Crippen molar-refractivity contribution in [1.82, 2.24) is 10.3 Å². The first kappa shape index (κ1) is 20.9. The Morgan fingerprint density at radius 3 is 2.41 bits per heavy atom. The number of aromatic nitrogens is 1. The van der Waals surface area contributed by atoms with Gasteiger partial charge >= 0.3 is 0 Å². The number of nitrogens with zero attached hydrogens (tertiary/aromatic N) is 1. The van der Waals surface area contributed by atoms with Crippen molar-refractivity contribution in [3.05, 3.63) is 40.2 Å². The van der Waals surface area contributed by atoms with Crippen molar-refractivity contribution < 1.29 is 4.79 Å². The van der Waals surface area contributed by atoms with E-state index >= 15 is 0 Å². The largest absolute Gasteiger partial charge is 0.349 e. The number of carbonyl (C=O) groups excluding carboxylic acids is 1. The molecule has 22 heavy (non-hydrogen) atoms. The van der Waals surface area contributed by atoms with E-state index in [1.807, 2.05) is 51.1 Å². The molecule has 0 saturated heterocycles. The maximum atomic E-state index is 12.3. The zero-order valence-corrected chi connectivity index (χ0v) is 15.2. The van der Waals surface area contributed by atoms with Gasteiger partial charge in [0.05, 0.1) is 10.7 Å². The van der Waals surface area contributed by atoms with E-state index in [-0.39, 0.29) is 30.7 Å². The smallest absolute Gasteiger partial charge is 0.263 e. The summed E-state index contributed by atoms with van der Waals surface area (Å²) >= 11 is 1.40. The van der Waals surface area contributed by atoms with Gasteiger partial charge in [-0.2, -0.15) is 0 Å².